The fraction of sp³-hybridized carbons (Fsp3) is 0.133. The molecule has 2 aromatic rings. The van der Waals surface area contributed by atoms with E-state index in [-0.39, 0.29) is 6.04 Å². The number of anilines is 1. The third-order valence-corrected chi connectivity index (χ3v) is 3.34. The molecule has 0 radical (unpaired) electrons. The van der Waals surface area contributed by atoms with Crippen LogP contribution >= 0.6 is 0 Å². The molecule has 3 rings (SSSR count). The normalized spacial score (nSPS) is 17.0. The standard InChI is InChI=1S/C15H13NO2/c17-15(18)12-7-3-2-6-11(12)14-9-10-5-1-4-8-13(10)16-14/h1-8,14,16H,9H2,(H,17,18). The molecule has 0 saturated heterocycles. The summed E-state index contributed by atoms with van der Waals surface area (Å²) in [4.78, 5) is 11.2. The molecular formula is C15H13NO2. The first kappa shape index (κ1) is 10.8. The summed E-state index contributed by atoms with van der Waals surface area (Å²) in [6.45, 7) is 0. The Morgan fingerprint density at radius 2 is 1.83 bits per heavy atom. The van der Waals surface area contributed by atoms with Gasteiger partial charge in [-0.3, -0.25) is 0 Å². The minimum atomic E-state index is -0.872. The molecule has 90 valence electrons. The summed E-state index contributed by atoms with van der Waals surface area (Å²) < 4.78 is 0. The number of nitrogens with one attached hydrogen (secondary N) is 1. The molecule has 0 saturated carbocycles. The van der Waals surface area contributed by atoms with Gasteiger partial charge in [0.25, 0.3) is 0 Å². The number of carboxylic acid groups (broad SMARTS) is 1. The van der Waals surface area contributed by atoms with E-state index in [0.29, 0.717) is 5.56 Å². The van der Waals surface area contributed by atoms with Crippen LogP contribution in [0.3, 0.4) is 0 Å². The molecule has 0 aromatic heterocycles. The van der Waals surface area contributed by atoms with Crippen LogP contribution in [-0.2, 0) is 6.42 Å². The van der Waals surface area contributed by atoms with Crippen LogP contribution in [0.4, 0.5) is 5.69 Å². The molecule has 1 aliphatic heterocycles. The van der Waals surface area contributed by atoms with Gasteiger partial charge in [0.1, 0.15) is 0 Å². The summed E-state index contributed by atoms with van der Waals surface area (Å²) in [5.74, 6) is -0.872. The Labute approximate surface area is 105 Å². The Hall–Kier alpha value is -2.29. The molecule has 3 nitrogen and oxygen atoms in total. The Morgan fingerprint density at radius 1 is 1.11 bits per heavy atom. The van der Waals surface area contributed by atoms with Gasteiger partial charge in [-0.05, 0) is 29.7 Å². The third-order valence-electron chi connectivity index (χ3n) is 3.34. The molecule has 2 N–H and O–H groups in total. The summed E-state index contributed by atoms with van der Waals surface area (Å²) in [5, 5.41) is 12.6. The van der Waals surface area contributed by atoms with Crippen molar-refractivity contribution in [3.05, 3.63) is 65.2 Å². The van der Waals surface area contributed by atoms with E-state index in [0.717, 1.165) is 17.7 Å². The minimum Gasteiger partial charge on any atom is -0.478 e. The number of benzene rings is 2. The Balaban J connectivity index is 1.98. The van der Waals surface area contributed by atoms with Crippen LogP contribution in [0.1, 0.15) is 27.5 Å². The molecule has 1 atom stereocenters. The van der Waals surface area contributed by atoms with Gasteiger partial charge in [0.05, 0.1) is 11.6 Å². The maximum absolute atomic E-state index is 11.2. The predicted molar refractivity (Wildman–Crippen MR) is 69.9 cm³/mol. The Bertz CT molecular complexity index is 582. The van der Waals surface area contributed by atoms with Gasteiger partial charge in [-0.2, -0.15) is 0 Å². The van der Waals surface area contributed by atoms with Crippen LogP contribution in [0.15, 0.2) is 48.5 Å². The highest BCUT2D eigenvalue weighted by Crippen LogP contribution is 2.35. The number of hydrogen-bond donors (Lipinski definition) is 2. The van der Waals surface area contributed by atoms with Crippen LogP contribution in [0.2, 0.25) is 0 Å². The van der Waals surface area contributed by atoms with Crippen molar-refractivity contribution in [3.8, 4) is 0 Å². The predicted octanol–water partition coefficient (Wildman–Crippen LogP) is 3.09. The molecule has 0 amide bonds. The minimum absolute atomic E-state index is 0.0506. The van der Waals surface area contributed by atoms with E-state index in [9.17, 15) is 9.90 Å². The summed E-state index contributed by atoms with van der Waals surface area (Å²) >= 11 is 0. The zero-order chi connectivity index (χ0) is 12.5. The molecule has 3 heteroatoms. The van der Waals surface area contributed by atoms with Crippen LogP contribution in [0.5, 0.6) is 0 Å². The van der Waals surface area contributed by atoms with Crippen LogP contribution in [0, 0.1) is 0 Å². The van der Waals surface area contributed by atoms with E-state index >= 15 is 0 Å². The van der Waals surface area contributed by atoms with Crippen molar-refractivity contribution in [2.45, 2.75) is 12.5 Å². The van der Waals surface area contributed by atoms with Gasteiger partial charge in [0.2, 0.25) is 0 Å². The van der Waals surface area contributed by atoms with Crippen LogP contribution in [0.25, 0.3) is 0 Å². The molecule has 0 bridgehead atoms. The molecule has 2 aromatic carbocycles. The maximum Gasteiger partial charge on any atom is 0.336 e. The lowest BCUT2D eigenvalue weighted by Gasteiger charge is -2.14. The molecule has 1 heterocycles. The number of hydrogen-bond acceptors (Lipinski definition) is 2. The van der Waals surface area contributed by atoms with Gasteiger partial charge in [0.15, 0.2) is 0 Å². The highest BCUT2D eigenvalue weighted by Gasteiger charge is 2.24. The van der Waals surface area contributed by atoms with Crippen LogP contribution in [-0.4, -0.2) is 11.1 Å². The molecule has 0 spiro atoms. The lowest BCUT2D eigenvalue weighted by Crippen LogP contribution is -2.11. The first-order valence-electron chi connectivity index (χ1n) is 5.92. The van der Waals surface area contributed by atoms with E-state index in [4.69, 9.17) is 0 Å². The van der Waals surface area contributed by atoms with Crippen LogP contribution < -0.4 is 5.32 Å². The number of para-hydroxylation sites is 1. The number of rotatable bonds is 2. The average Bonchev–Trinajstić information content (AvgIpc) is 2.82. The van der Waals surface area contributed by atoms with Crippen molar-refractivity contribution in [1.82, 2.24) is 0 Å². The second-order valence-electron chi connectivity index (χ2n) is 4.45. The lowest BCUT2D eigenvalue weighted by atomic mass is 9.98. The smallest absolute Gasteiger partial charge is 0.336 e. The van der Waals surface area contributed by atoms with Gasteiger partial charge in [-0.25, -0.2) is 4.79 Å². The van der Waals surface area contributed by atoms with Crippen molar-refractivity contribution < 1.29 is 9.90 Å². The molecule has 0 fully saturated rings. The quantitative estimate of drug-likeness (QED) is 0.846. The summed E-state index contributed by atoms with van der Waals surface area (Å²) in [5.41, 5.74) is 3.56. The van der Waals surface area contributed by atoms with E-state index < -0.39 is 5.97 Å². The monoisotopic (exact) mass is 239 g/mol. The number of carbonyl (C=O) groups is 1. The van der Waals surface area contributed by atoms with E-state index in [1.807, 2.05) is 30.3 Å². The number of aromatic carboxylic acids is 1. The molecule has 0 aliphatic carbocycles. The highest BCUT2D eigenvalue weighted by molar-refractivity contribution is 5.89. The van der Waals surface area contributed by atoms with Crippen molar-refractivity contribution in [1.29, 1.82) is 0 Å². The first-order chi connectivity index (χ1) is 8.75. The van der Waals surface area contributed by atoms with Gasteiger partial charge in [-0.15, -0.1) is 0 Å². The largest absolute Gasteiger partial charge is 0.478 e. The van der Waals surface area contributed by atoms with Gasteiger partial charge >= 0.3 is 5.97 Å². The lowest BCUT2D eigenvalue weighted by molar-refractivity contribution is 0.0695. The molecule has 1 aliphatic rings. The number of fused-ring (bicyclic) bond motifs is 1. The SMILES string of the molecule is O=C(O)c1ccccc1C1Cc2ccccc2N1. The van der Waals surface area contributed by atoms with E-state index in [1.54, 1.807) is 12.1 Å². The van der Waals surface area contributed by atoms with Gasteiger partial charge < -0.3 is 10.4 Å². The van der Waals surface area contributed by atoms with Crippen molar-refractivity contribution in [2.75, 3.05) is 5.32 Å². The average molecular weight is 239 g/mol. The summed E-state index contributed by atoms with van der Waals surface area (Å²) in [6.07, 6.45) is 0.834. The van der Waals surface area contributed by atoms with E-state index in [2.05, 4.69) is 11.4 Å². The second kappa shape index (κ2) is 4.18. The highest BCUT2D eigenvalue weighted by atomic mass is 16.4. The van der Waals surface area contributed by atoms with Crippen molar-refractivity contribution in [2.24, 2.45) is 0 Å². The van der Waals surface area contributed by atoms with Crippen molar-refractivity contribution >= 4 is 11.7 Å². The fourth-order valence-electron chi connectivity index (χ4n) is 2.48. The zero-order valence-electron chi connectivity index (χ0n) is 9.76. The summed E-state index contributed by atoms with van der Waals surface area (Å²) in [7, 11) is 0. The topological polar surface area (TPSA) is 49.3 Å². The molecule has 1 unspecified atom stereocenters. The molecular weight excluding hydrogens is 226 g/mol. The zero-order valence-corrected chi connectivity index (χ0v) is 9.76. The van der Waals surface area contributed by atoms with Gasteiger partial charge in [-0.1, -0.05) is 36.4 Å². The number of carboxylic acids is 1. The van der Waals surface area contributed by atoms with Crippen molar-refractivity contribution in [3.63, 3.8) is 0 Å². The Morgan fingerprint density at radius 3 is 2.61 bits per heavy atom. The third kappa shape index (κ3) is 1.74. The Kier molecular flexibility index (Phi) is 2.52. The summed E-state index contributed by atoms with van der Waals surface area (Å²) in [6, 6.07) is 15.3. The van der Waals surface area contributed by atoms with E-state index in [1.165, 1.54) is 5.56 Å². The van der Waals surface area contributed by atoms with Gasteiger partial charge in [0, 0.05) is 5.69 Å². The first-order valence-corrected chi connectivity index (χ1v) is 5.92. The fourth-order valence-corrected chi connectivity index (χ4v) is 2.48. The molecule has 18 heavy (non-hydrogen) atoms. The second-order valence-corrected chi connectivity index (χ2v) is 4.45. The maximum atomic E-state index is 11.2.